The van der Waals surface area contributed by atoms with Gasteiger partial charge in [-0.15, -0.1) is 0 Å². The van der Waals surface area contributed by atoms with Gasteiger partial charge in [0.05, 0.1) is 5.69 Å². The standard InChI is InChI=1S/C17H15Br2ClN2O2/c18-12-5-8-15(14(19)10-12)22-16(23)2-1-9-21-17(24)11-3-6-13(20)7-4-11/h3-8,10H,1-2,9H2,(H,21,24)(H,22,23). The summed E-state index contributed by atoms with van der Waals surface area (Å²) in [6.45, 7) is 0.427. The van der Waals surface area contributed by atoms with E-state index < -0.39 is 0 Å². The Morgan fingerprint density at radius 3 is 2.42 bits per heavy atom. The first-order valence-electron chi connectivity index (χ1n) is 7.24. The fourth-order valence-corrected chi connectivity index (χ4v) is 3.23. The van der Waals surface area contributed by atoms with Crippen LogP contribution in [0.15, 0.2) is 51.4 Å². The Bertz CT molecular complexity index is 736. The van der Waals surface area contributed by atoms with Crippen molar-refractivity contribution in [1.82, 2.24) is 5.32 Å². The van der Waals surface area contributed by atoms with Gasteiger partial charge in [-0.1, -0.05) is 27.5 Å². The number of carbonyl (C=O) groups is 2. The van der Waals surface area contributed by atoms with Crippen LogP contribution in [0.5, 0.6) is 0 Å². The van der Waals surface area contributed by atoms with Crippen molar-refractivity contribution in [3.8, 4) is 0 Å². The van der Waals surface area contributed by atoms with Gasteiger partial charge in [-0.2, -0.15) is 0 Å². The smallest absolute Gasteiger partial charge is 0.251 e. The van der Waals surface area contributed by atoms with Crippen molar-refractivity contribution in [3.05, 3.63) is 62.0 Å². The predicted octanol–water partition coefficient (Wildman–Crippen LogP) is 5.01. The minimum Gasteiger partial charge on any atom is -0.352 e. The van der Waals surface area contributed by atoms with Gasteiger partial charge in [0, 0.05) is 32.5 Å². The highest BCUT2D eigenvalue weighted by atomic mass is 79.9. The van der Waals surface area contributed by atoms with Gasteiger partial charge in [0.1, 0.15) is 0 Å². The van der Waals surface area contributed by atoms with E-state index in [2.05, 4.69) is 42.5 Å². The molecule has 0 unspecified atom stereocenters. The van der Waals surface area contributed by atoms with Crippen molar-refractivity contribution < 1.29 is 9.59 Å². The van der Waals surface area contributed by atoms with Crippen LogP contribution in [0, 0.1) is 0 Å². The summed E-state index contributed by atoms with van der Waals surface area (Å²) >= 11 is 12.5. The number of halogens is 3. The molecule has 0 radical (unpaired) electrons. The lowest BCUT2D eigenvalue weighted by Crippen LogP contribution is -2.25. The van der Waals surface area contributed by atoms with E-state index in [4.69, 9.17) is 11.6 Å². The number of benzene rings is 2. The van der Waals surface area contributed by atoms with Crippen LogP contribution in [0.2, 0.25) is 5.02 Å². The second-order valence-electron chi connectivity index (χ2n) is 5.04. The van der Waals surface area contributed by atoms with Crippen molar-refractivity contribution in [2.45, 2.75) is 12.8 Å². The van der Waals surface area contributed by atoms with Crippen LogP contribution < -0.4 is 10.6 Å². The maximum absolute atomic E-state index is 11.9. The van der Waals surface area contributed by atoms with E-state index in [1.54, 1.807) is 24.3 Å². The largest absolute Gasteiger partial charge is 0.352 e. The minimum absolute atomic E-state index is 0.0984. The maximum atomic E-state index is 11.9. The summed E-state index contributed by atoms with van der Waals surface area (Å²) in [6, 6.07) is 12.2. The molecule has 0 aliphatic carbocycles. The van der Waals surface area contributed by atoms with E-state index in [-0.39, 0.29) is 11.8 Å². The topological polar surface area (TPSA) is 58.2 Å². The third-order valence-corrected chi connectivity index (χ3v) is 4.58. The van der Waals surface area contributed by atoms with Crippen LogP contribution in [0.25, 0.3) is 0 Å². The summed E-state index contributed by atoms with van der Waals surface area (Å²) < 4.78 is 1.73. The summed E-state index contributed by atoms with van der Waals surface area (Å²) in [5, 5.41) is 6.19. The lowest BCUT2D eigenvalue weighted by molar-refractivity contribution is -0.116. The van der Waals surface area contributed by atoms with Crippen molar-refractivity contribution in [2.24, 2.45) is 0 Å². The number of rotatable bonds is 6. The molecular weight excluding hydrogens is 459 g/mol. The lowest BCUT2D eigenvalue weighted by Gasteiger charge is -2.08. The zero-order chi connectivity index (χ0) is 17.5. The number of nitrogens with one attached hydrogen (secondary N) is 2. The molecule has 0 spiro atoms. The molecular formula is C17H15Br2ClN2O2. The van der Waals surface area contributed by atoms with Crippen LogP contribution >= 0.6 is 43.5 Å². The molecule has 0 aromatic heterocycles. The van der Waals surface area contributed by atoms with Crippen LogP contribution in [0.4, 0.5) is 5.69 Å². The maximum Gasteiger partial charge on any atom is 0.251 e. The van der Waals surface area contributed by atoms with Crippen molar-refractivity contribution >= 4 is 61.0 Å². The summed E-state index contributed by atoms with van der Waals surface area (Å²) in [6.07, 6.45) is 0.878. The second-order valence-corrected chi connectivity index (χ2v) is 7.25. The third kappa shape index (κ3) is 5.92. The van der Waals surface area contributed by atoms with E-state index in [0.29, 0.717) is 35.7 Å². The fraction of sp³-hybridized carbons (Fsp3) is 0.176. The highest BCUT2D eigenvalue weighted by molar-refractivity contribution is 9.11. The molecule has 0 saturated carbocycles. The molecule has 0 fully saturated rings. The molecule has 0 aliphatic heterocycles. The Morgan fingerprint density at radius 2 is 1.75 bits per heavy atom. The van der Waals surface area contributed by atoms with Gasteiger partial charge in [-0.05, 0) is 64.8 Å². The Hall–Kier alpha value is -1.37. The lowest BCUT2D eigenvalue weighted by atomic mass is 10.2. The fourth-order valence-electron chi connectivity index (χ4n) is 1.96. The van der Waals surface area contributed by atoms with Gasteiger partial charge in [0.25, 0.3) is 5.91 Å². The molecule has 2 aromatic carbocycles. The predicted molar refractivity (Wildman–Crippen MR) is 103 cm³/mol. The second kappa shape index (κ2) is 9.20. The highest BCUT2D eigenvalue weighted by Crippen LogP contribution is 2.26. The van der Waals surface area contributed by atoms with Gasteiger partial charge >= 0.3 is 0 Å². The van der Waals surface area contributed by atoms with Crippen LogP contribution in [0.3, 0.4) is 0 Å². The van der Waals surface area contributed by atoms with Gasteiger partial charge < -0.3 is 10.6 Å². The SMILES string of the molecule is O=C(CCCNC(=O)c1ccc(Cl)cc1)Nc1ccc(Br)cc1Br. The van der Waals surface area contributed by atoms with Gasteiger partial charge in [0.2, 0.25) is 5.91 Å². The van der Waals surface area contributed by atoms with Crippen LogP contribution in [0.1, 0.15) is 23.2 Å². The molecule has 0 heterocycles. The van der Waals surface area contributed by atoms with Gasteiger partial charge in [-0.3, -0.25) is 9.59 Å². The summed E-state index contributed by atoms with van der Waals surface area (Å²) in [7, 11) is 0. The minimum atomic E-state index is -0.178. The Labute approximate surface area is 162 Å². The molecule has 126 valence electrons. The molecule has 24 heavy (non-hydrogen) atoms. The van der Waals surface area contributed by atoms with Crippen molar-refractivity contribution in [1.29, 1.82) is 0 Å². The molecule has 2 N–H and O–H groups in total. The quantitative estimate of drug-likeness (QED) is 0.578. The molecule has 2 amide bonds. The molecule has 0 bridgehead atoms. The van der Waals surface area contributed by atoms with E-state index in [1.807, 2.05) is 18.2 Å². The number of anilines is 1. The first kappa shape index (κ1) is 19.0. The zero-order valence-corrected chi connectivity index (χ0v) is 16.5. The third-order valence-electron chi connectivity index (χ3n) is 3.18. The normalized spacial score (nSPS) is 10.3. The Kier molecular flexibility index (Phi) is 7.27. The summed E-state index contributed by atoms with van der Waals surface area (Å²) in [5.41, 5.74) is 1.26. The zero-order valence-electron chi connectivity index (χ0n) is 12.6. The summed E-state index contributed by atoms with van der Waals surface area (Å²) in [4.78, 5) is 23.8. The summed E-state index contributed by atoms with van der Waals surface area (Å²) in [5.74, 6) is -0.276. The van der Waals surface area contributed by atoms with Gasteiger partial charge in [-0.25, -0.2) is 0 Å². The number of hydrogen-bond acceptors (Lipinski definition) is 2. The van der Waals surface area contributed by atoms with Crippen molar-refractivity contribution in [2.75, 3.05) is 11.9 Å². The Balaban J connectivity index is 1.72. The monoisotopic (exact) mass is 472 g/mol. The van der Waals surface area contributed by atoms with Crippen molar-refractivity contribution in [3.63, 3.8) is 0 Å². The number of hydrogen-bond donors (Lipinski definition) is 2. The molecule has 7 heteroatoms. The molecule has 2 rings (SSSR count). The first-order chi connectivity index (χ1) is 11.5. The van der Waals surface area contributed by atoms with Crippen LogP contribution in [-0.2, 0) is 4.79 Å². The number of carbonyl (C=O) groups excluding carboxylic acids is 2. The van der Waals surface area contributed by atoms with Crippen LogP contribution in [-0.4, -0.2) is 18.4 Å². The highest BCUT2D eigenvalue weighted by Gasteiger charge is 2.07. The van der Waals surface area contributed by atoms with E-state index >= 15 is 0 Å². The molecule has 4 nitrogen and oxygen atoms in total. The van der Waals surface area contributed by atoms with E-state index in [9.17, 15) is 9.59 Å². The van der Waals surface area contributed by atoms with E-state index in [1.165, 1.54) is 0 Å². The van der Waals surface area contributed by atoms with E-state index in [0.717, 1.165) is 8.95 Å². The molecule has 2 aromatic rings. The Morgan fingerprint density at radius 1 is 1.04 bits per heavy atom. The number of amides is 2. The average Bonchev–Trinajstić information content (AvgIpc) is 2.55. The molecule has 0 aliphatic rings. The first-order valence-corrected chi connectivity index (χ1v) is 9.21. The molecule has 0 saturated heterocycles. The molecule has 0 atom stereocenters. The average molecular weight is 475 g/mol. The van der Waals surface area contributed by atoms with Gasteiger partial charge in [0.15, 0.2) is 0 Å².